The Labute approximate surface area is 195 Å². The number of nitrogens with one attached hydrogen (secondary N) is 1. The Morgan fingerprint density at radius 3 is 2.55 bits per heavy atom. The van der Waals surface area contributed by atoms with Crippen LogP contribution in [0.3, 0.4) is 0 Å². The third-order valence-electron chi connectivity index (χ3n) is 5.26. The van der Waals surface area contributed by atoms with Gasteiger partial charge < -0.3 is 19.1 Å². The number of halogens is 1. The maximum Gasteiger partial charge on any atom is 0.311 e. The first-order chi connectivity index (χ1) is 15.6. The molecule has 1 amide bonds. The fourth-order valence-electron chi connectivity index (χ4n) is 3.40. The summed E-state index contributed by atoms with van der Waals surface area (Å²) in [7, 11) is 0. The fraction of sp³-hybridized carbons (Fsp3) is 0.292. The highest BCUT2D eigenvalue weighted by atomic mass is 35.5. The van der Waals surface area contributed by atoms with Crippen molar-refractivity contribution in [1.82, 2.24) is 5.16 Å². The van der Waals surface area contributed by atoms with E-state index in [4.69, 9.17) is 25.6 Å². The standard InChI is InChI=1S/C24H23ClN2O6/c1-24(2,3)20-12-21(33-27-20)26-22(28)13-4-6-14(7-5-13)32-19-11-18-16(10-17(19)25)15(23(29)30)8-9-31-18/h4-7,10-12,15H,8-9H2,1-3H3,(H,26,28)(H,29,30). The van der Waals surface area contributed by atoms with Crippen LogP contribution in [0, 0.1) is 0 Å². The quantitative estimate of drug-likeness (QED) is 0.497. The molecule has 8 nitrogen and oxygen atoms in total. The van der Waals surface area contributed by atoms with Gasteiger partial charge in [0.2, 0.25) is 5.88 Å². The fourth-order valence-corrected chi connectivity index (χ4v) is 3.61. The molecule has 3 aromatic rings. The summed E-state index contributed by atoms with van der Waals surface area (Å²) in [6, 6.07) is 11.3. The van der Waals surface area contributed by atoms with Gasteiger partial charge in [0, 0.05) is 28.7 Å². The van der Waals surface area contributed by atoms with E-state index in [2.05, 4.69) is 10.5 Å². The Morgan fingerprint density at radius 2 is 1.91 bits per heavy atom. The molecule has 4 rings (SSSR count). The molecule has 1 aliphatic rings. The number of carboxylic acid groups (broad SMARTS) is 1. The van der Waals surface area contributed by atoms with Crippen LogP contribution < -0.4 is 14.8 Å². The van der Waals surface area contributed by atoms with Crippen LogP contribution in [-0.4, -0.2) is 28.7 Å². The second-order valence-corrected chi connectivity index (χ2v) is 9.16. The van der Waals surface area contributed by atoms with Crippen molar-refractivity contribution in [2.45, 2.75) is 38.5 Å². The number of anilines is 1. The predicted molar refractivity (Wildman–Crippen MR) is 122 cm³/mol. The minimum Gasteiger partial charge on any atom is -0.493 e. The molecule has 0 bridgehead atoms. The average Bonchev–Trinajstić information content (AvgIpc) is 3.23. The largest absolute Gasteiger partial charge is 0.493 e. The number of aromatic nitrogens is 1. The number of ether oxygens (including phenoxy) is 2. The Balaban J connectivity index is 1.46. The molecule has 0 saturated carbocycles. The van der Waals surface area contributed by atoms with E-state index in [0.717, 1.165) is 5.69 Å². The van der Waals surface area contributed by atoms with Crippen LogP contribution in [0.2, 0.25) is 5.02 Å². The lowest BCUT2D eigenvalue weighted by atomic mass is 9.92. The molecule has 0 aliphatic carbocycles. The van der Waals surface area contributed by atoms with Crippen LogP contribution in [0.4, 0.5) is 5.88 Å². The van der Waals surface area contributed by atoms with Gasteiger partial charge in [-0.1, -0.05) is 37.5 Å². The van der Waals surface area contributed by atoms with Crippen molar-refractivity contribution in [2.75, 3.05) is 11.9 Å². The van der Waals surface area contributed by atoms with Crippen LogP contribution in [0.25, 0.3) is 0 Å². The van der Waals surface area contributed by atoms with Crippen LogP contribution in [0.15, 0.2) is 47.0 Å². The second-order valence-electron chi connectivity index (χ2n) is 8.76. The highest BCUT2D eigenvalue weighted by molar-refractivity contribution is 6.32. The van der Waals surface area contributed by atoms with Crippen molar-refractivity contribution in [3.8, 4) is 17.2 Å². The first-order valence-corrected chi connectivity index (χ1v) is 10.7. The maximum atomic E-state index is 12.5. The van der Waals surface area contributed by atoms with E-state index in [1.807, 2.05) is 20.8 Å². The molecule has 1 aliphatic heterocycles. The van der Waals surface area contributed by atoms with Crippen molar-refractivity contribution < 1.29 is 28.7 Å². The SMILES string of the molecule is CC(C)(C)c1cc(NC(=O)c2ccc(Oc3cc4c(cc3Cl)C(C(=O)O)CCO4)cc2)on1. The van der Waals surface area contributed by atoms with Crippen LogP contribution in [0.1, 0.15) is 54.7 Å². The Hall–Kier alpha value is -3.52. The number of nitrogens with zero attached hydrogens (tertiary/aromatic N) is 1. The van der Waals surface area contributed by atoms with E-state index >= 15 is 0 Å². The molecule has 1 aromatic heterocycles. The number of carbonyl (C=O) groups excluding carboxylic acids is 1. The molecule has 9 heteroatoms. The number of benzene rings is 2. The van der Waals surface area contributed by atoms with E-state index < -0.39 is 11.9 Å². The number of carboxylic acids is 1. The van der Waals surface area contributed by atoms with E-state index in [1.54, 1.807) is 42.5 Å². The van der Waals surface area contributed by atoms with Gasteiger partial charge in [-0.3, -0.25) is 14.9 Å². The van der Waals surface area contributed by atoms with Crippen molar-refractivity contribution in [1.29, 1.82) is 0 Å². The van der Waals surface area contributed by atoms with Gasteiger partial charge in [-0.15, -0.1) is 0 Å². The highest BCUT2D eigenvalue weighted by Crippen LogP contribution is 2.41. The molecular weight excluding hydrogens is 448 g/mol. The topological polar surface area (TPSA) is 111 Å². The lowest BCUT2D eigenvalue weighted by Crippen LogP contribution is -2.20. The average molecular weight is 471 g/mol. The molecule has 2 aromatic carbocycles. The first-order valence-electron chi connectivity index (χ1n) is 10.4. The second kappa shape index (κ2) is 8.78. The molecule has 1 unspecified atom stereocenters. The lowest BCUT2D eigenvalue weighted by Gasteiger charge is -2.24. The van der Waals surface area contributed by atoms with E-state index in [1.165, 1.54) is 0 Å². The zero-order valence-corrected chi connectivity index (χ0v) is 19.1. The van der Waals surface area contributed by atoms with Crippen LogP contribution >= 0.6 is 11.6 Å². The molecule has 172 valence electrons. The molecule has 2 heterocycles. The Kier molecular flexibility index (Phi) is 6.03. The summed E-state index contributed by atoms with van der Waals surface area (Å²) in [5.74, 6) is -0.446. The molecule has 0 saturated heterocycles. The lowest BCUT2D eigenvalue weighted by molar-refractivity contribution is -0.139. The smallest absolute Gasteiger partial charge is 0.311 e. The third kappa shape index (κ3) is 4.96. The molecule has 2 N–H and O–H groups in total. The first kappa shape index (κ1) is 22.7. The molecular formula is C24H23ClN2O6. The monoisotopic (exact) mass is 470 g/mol. The molecule has 33 heavy (non-hydrogen) atoms. The Morgan fingerprint density at radius 1 is 1.18 bits per heavy atom. The van der Waals surface area contributed by atoms with Gasteiger partial charge in [-0.05, 0) is 36.8 Å². The molecule has 0 fully saturated rings. The molecule has 1 atom stereocenters. The summed E-state index contributed by atoms with van der Waals surface area (Å²) >= 11 is 6.33. The zero-order valence-electron chi connectivity index (χ0n) is 18.3. The number of hydrogen-bond acceptors (Lipinski definition) is 6. The summed E-state index contributed by atoms with van der Waals surface area (Å²) in [5, 5.41) is 16.3. The highest BCUT2D eigenvalue weighted by Gasteiger charge is 2.29. The zero-order chi connectivity index (χ0) is 23.8. The summed E-state index contributed by atoms with van der Waals surface area (Å²) in [6.45, 7) is 6.30. The van der Waals surface area contributed by atoms with Gasteiger partial charge in [-0.25, -0.2) is 0 Å². The number of amides is 1. The summed E-state index contributed by atoms with van der Waals surface area (Å²) < 4.78 is 16.6. The van der Waals surface area contributed by atoms with Gasteiger partial charge in [0.05, 0.1) is 23.2 Å². The van der Waals surface area contributed by atoms with E-state index in [0.29, 0.717) is 41.4 Å². The van der Waals surface area contributed by atoms with E-state index in [9.17, 15) is 14.7 Å². The van der Waals surface area contributed by atoms with Gasteiger partial charge in [0.25, 0.3) is 5.91 Å². The number of rotatable bonds is 5. The Bertz CT molecular complexity index is 1200. The van der Waals surface area contributed by atoms with E-state index in [-0.39, 0.29) is 22.2 Å². The molecule has 0 spiro atoms. The summed E-state index contributed by atoms with van der Waals surface area (Å²) in [6.07, 6.45) is 0.383. The molecule has 0 radical (unpaired) electrons. The predicted octanol–water partition coefficient (Wildman–Crippen LogP) is 5.62. The normalized spacial score (nSPS) is 15.3. The van der Waals surface area contributed by atoms with Crippen molar-refractivity contribution in [2.24, 2.45) is 0 Å². The van der Waals surface area contributed by atoms with Crippen LogP contribution in [-0.2, 0) is 10.2 Å². The minimum absolute atomic E-state index is 0.191. The number of aliphatic carboxylic acids is 1. The van der Waals surface area contributed by atoms with Gasteiger partial charge in [0.1, 0.15) is 17.2 Å². The van der Waals surface area contributed by atoms with Crippen molar-refractivity contribution in [3.05, 3.63) is 64.3 Å². The van der Waals surface area contributed by atoms with Crippen LogP contribution in [0.5, 0.6) is 17.2 Å². The maximum absolute atomic E-state index is 12.5. The number of carbonyl (C=O) groups is 2. The summed E-state index contributed by atoms with van der Waals surface area (Å²) in [4.78, 5) is 24.0. The van der Waals surface area contributed by atoms with Gasteiger partial charge >= 0.3 is 5.97 Å². The number of fused-ring (bicyclic) bond motifs is 1. The third-order valence-corrected chi connectivity index (χ3v) is 5.56. The van der Waals surface area contributed by atoms with Gasteiger partial charge in [0.15, 0.2) is 0 Å². The van der Waals surface area contributed by atoms with Crippen molar-refractivity contribution >= 4 is 29.4 Å². The van der Waals surface area contributed by atoms with Gasteiger partial charge in [-0.2, -0.15) is 0 Å². The number of hydrogen-bond donors (Lipinski definition) is 2. The minimum atomic E-state index is -0.918. The van der Waals surface area contributed by atoms with Crippen molar-refractivity contribution in [3.63, 3.8) is 0 Å². The summed E-state index contributed by atoms with van der Waals surface area (Å²) in [5.41, 5.74) is 1.48.